The molecule has 2 amide bonds. The van der Waals surface area contributed by atoms with Crippen LogP contribution in [-0.2, 0) is 9.59 Å². The van der Waals surface area contributed by atoms with E-state index >= 15 is 0 Å². The topological polar surface area (TPSA) is 74.3 Å². The van der Waals surface area contributed by atoms with Gasteiger partial charge in [0, 0.05) is 25.8 Å². The fourth-order valence-electron chi connectivity index (χ4n) is 3.19. The Balaban J connectivity index is 1.57. The number of carbonyl (C=O) groups excluding carboxylic acids is 2. The van der Waals surface area contributed by atoms with Crippen LogP contribution in [0.5, 0.6) is 0 Å². The van der Waals surface area contributed by atoms with E-state index in [-0.39, 0.29) is 23.7 Å². The summed E-state index contributed by atoms with van der Waals surface area (Å²) in [6.07, 6.45) is 4.05. The second kappa shape index (κ2) is 7.27. The number of carbonyl (C=O) groups is 2. The molecule has 1 aromatic heterocycles. The van der Waals surface area contributed by atoms with Crippen molar-refractivity contribution >= 4 is 29.2 Å². The average Bonchev–Trinajstić information content (AvgIpc) is 3.11. The zero-order chi connectivity index (χ0) is 16.2. The van der Waals surface area contributed by atoms with Crippen molar-refractivity contribution < 1.29 is 9.59 Å². The van der Waals surface area contributed by atoms with Crippen molar-refractivity contribution in [3.63, 3.8) is 0 Å². The van der Waals surface area contributed by atoms with Crippen LogP contribution in [0.3, 0.4) is 0 Å². The van der Waals surface area contributed by atoms with Crippen LogP contribution in [0.25, 0.3) is 0 Å². The third-order valence-corrected chi connectivity index (χ3v) is 4.72. The Morgan fingerprint density at radius 3 is 2.87 bits per heavy atom. The third kappa shape index (κ3) is 4.00. The quantitative estimate of drug-likeness (QED) is 0.877. The lowest BCUT2D eigenvalue weighted by atomic mass is 9.95. The normalized spacial score (nSPS) is 24.5. The average molecular weight is 337 g/mol. The molecule has 2 N–H and O–H groups in total. The molecule has 2 saturated heterocycles. The van der Waals surface area contributed by atoms with E-state index in [2.05, 4.69) is 15.6 Å². The minimum absolute atomic E-state index is 0.0646. The summed E-state index contributed by atoms with van der Waals surface area (Å²) in [6, 6.07) is 3.37. The lowest BCUT2D eigenvalue weighted by Gasteiger charge is -2.33. The maximum atomic E-state index is 12.5. The fraction of sp³-hybridized carbons (Fsp3) is 0.562. The molecule has 2 aliphatic heterocycles. The first-order chi connectivity index (χ1) is 11.1. The molecule has 0 saturated carbocycles. The number of likely N-dealkylation sites (tertiary alicyclic amines) is 1. The maximum Gasteiger partial charge on any atom is 0.230 e. The zero-order valence-corrected chi connectivity index (χ0v) is 13.7. The maximum absolute atomic E-state index is 12.5. The molecule has 3 heterocycles. The summed E-state index contributed by atoms with van der Waals surface area (Å²) < 4.78 is 0. The first kappa shape index (κ1) is 16.2. The summed E-state index contributed by atoms with van der Waals surface area (Å²) in [4.78, 5) is 30.8. The van der Waals surface area contributed by atoms with Gasteiger partial charge in [0.25, 0.3) is 0 Å². The van der Waals surface area contributed by atoms with Crippen LogP contribution < -0.4 is 10.6 Å². The predicted molar refractivity (Wildman–Crippen MR) is 88.2 cm³/mol. The van der Waals surface area contributed by atoms with Crippen molar-refractivity contribution in [1.29, 1.82) is 0 Å². The Labute approximate surface area is 140 Å². The summed E-state index contributed by atoms with van der Waals surface area (Å²) in [6.45, 7) is 2.89. The summed E-state index contributed by atoms with van der Waals surface area (Å²) in [7, 11) is 0. The molecule has 0 aromatic carbocycles. The van der Waals surface area contributed by atoms with Gasteiger partial charge in [0.05, 0.1) is 16.9 Å². The highest BCUT2D eigenvalue weighted by Crippen LogP contribution is 2.22. The number of pyridine rings is 1. The van der Waals surface area contributed by atoms with Crippen molar-refractivity contribution in [2.24, 2.45) is 11.8 Å². The summed E-state index contributed by atoms with van der Waals surface area (Å²) >= 11 is 5.79. The molecule has 2 aliphatic rings. The number of amides is 2. The standard InChI is InChI=1S/C16H21ClN4O2/c17-13-3-4-14(19-9-13)20-15(22)12-2-1-7-21(10-12)16(23)11-5-6-18-8-11/h3-4,9,11-12,18H,1-2,5-8,10H2,(H,19,20,22). The second-order valence-electron chi connectivity index (χ2n) is 6.16. The van der Waals surface area contributed by atoms with Gasteiger partial charge >= 0.3 is 0 Å². The van der Waals surface area contributed by atoms with E-state index in [0.29, 0.717) is 17.4 Å². The molecule has 7 heteroatoms. The Kier molecular flexibility index (Phi) is 5.13. The summed E-state index contributed by atoms with van der Waals surface area (Å²) in [5.41, 5.74) is 0. The van der Waals surface area contributed by atoms with Crippen molar-refractivity contribution in [3.8, 4) is 0 Å². The Morgan fingerprint density at radius 2 is 2.17 bits per heavy atom. The molecular formula is C16H21ClN4O2. The number of piperidine rings is 1. The first-order valence-electron chi connectivity index (χ1n) is 8.05. The van der Waals surface area contributed by atoms with E-state index in [1.54, 1.807) is 12.1 Å². The highest BCUT2D eigenvalue weighted by molar-refractivity contribution is 6.30. The van der Waals surface area contributed by atoms with Gasteiger partial charge in [-0.3, -0.25) is 9.59 Å². The number of hydrogen-bond acceptors (Lipinski definition) is 4. The molecule has 23 heavy (non-hydrogen) atoms. The monoisotopic (exact) mass is 336 g/mol. The number of nitrogens with one attached hydrogen (secondary N) is 2. The van der Waals surface area contributed by atoms with Gasteiger partial charge in [-0.2, -0.15) is 0 Å². The van der Waals surface area contributed by atoms with Crippen LogP contribution in [0.4, 0.5) is 5.82 Å². The number of anilines is 1. The molecule has 2 unspecified atom stereocenters. The minimum atomic E-state index is -0.181. The van der Waals surface area contributed by atoms with Gasteiger partial charge in [-0.1, -0.05) is 11.6 Å². The minimum Gasteiger partial charge on any atom is -0.342 e. The van der Waals surface area contributed by atoms with Crippen LogP contribution in [0.1, 0.15) is 19.3 Å². The summed E-state index contributed by atoms with van der Waals surface area (Å²) in [5.74, 6) is 0.469. The van der Waals surface area contributed by atoms with Crippen molar-refractivity contribution in [3.05, 3.63) is 23.4 Å². The Hall–Kier alpha value is -1.66. The molecule has 0 bridgehead atoms. The van der Waals surface area contributed by atoms with Gasteiger partial charge in [0.15, 0.2) is 0 Å². The number of rotatable bonds is 3. The number of hydrogen-bond donors (Lipinski definition) is 2. The summed E-state index contributed by atoms with van der Waals surface area (Å²) in [5, 5.41) is 6.56. The van der Waals surface area contributed by atoms with Gasteiger partial charge in [0.1, 0.15) is 5.82 Å². The zero-order valence-electron chi connectivity index (χ0n) is 12.9. The van der Waals surface area contributed by atoms with E-state index in [1.807, 2.05) is 4.90 Å². The van der Waals surface area contributed by atoms with Crippen LogP contribution in [0.15, 0.2) is 18.3 Å². The Bertz CT molecular complexity index is 572. The Morgan fingerprint density at radius 1 is 1.30 bits per heavy atom. The SMILES string of the molecule is O=C(Nc1ccc(Cl)cn1)C1CCCN(C(=O)C2CCNC2)C1. The van der Waals surface area contributed by atoms with Crippen LogP contribution >= 0.6 is 11.6 Å². The van der Waals surface area contributed by atoms with E-state index in [4.69, 9.17) is 11.6 Å². The molecule has 0 aliphatic carbocycles. The predicted octanol–water partition coefficient (Wildman–Crippen LogP) is 1.52. The van der Waals surface area contributed by atoms with Crippen molar-refractivity contribution in [1.82, 2.24) is 15.2 Å². The molecule has 6 nitrogen and oxygen atoms in total. The smallest absolute Gasteiger partial charge is 0.230 e. The number of nitrogens with zero attached hydrogens (tertiary/aromatic N) is 2. The molecule has 124 valence electrons. The first-order valence-corrected chi connectivity index (χ1v) is 8.43. The van der Waals surface area contributed by atoms with Gasteiger partial charge in [-0.15, -0.1) is 0 Å². The van der Waals surface area contributed by atoms with Gasteiger partial charge < -0.3 is 15.5 Å². The van der Waals surface area contributed by atoms with Gasteiger partial charge in [-0.25, -0.2) is 4.98 Å². The number of aromatic nitrogens is 1. The van der Waals surface area contributed by atoms with E-state index in [9.17, 15) is 9.59 Å². The van der Waals surface area contributed by atoms with E-state index in [0.717, 1.165) is 38.9 Å². The fourth-order valence-corrected chi connectivity index (χ4v) is 3.30. The van der Waals surface area contributed by atoms with Crippen LogP contribution in [-0.4, -0.2) is 47.9 Å². The molecule has 1 aromatic rings. The van der Waals surface area contributed by atoms with Gasteiger partial charge in [0.2, 0.25) is 11.8 Å². The highest BCUT2D eigenvalue weighted by Gasteiger charge is 2.32. The van der Waals surface area contributed by atoms with Crippen molar-refractivity contribution in [2.45, 2.75) is 19.3 Å². The van der Waals surface area contributed by atoms with Crippen LogP contribution in [0.2, 0.25) is 5.02 Å². The highest BCUT2D eigenvalue weighted by atomic mass is 35.5. The lowest BCUT2D eigenvalue weighted by Crippen LogP contribution is -2.46. The van der Waals surface area contributed by atoms with Gasteiger partial charge in [-0.05, 0) is 37.9 Å². The lowest BCUT2D eigenvalue weighted by molar-refractivity contribution is -0.138. The molecule has 3 rings (SSSR count). The molecule has 0 radical (unpaired) electrons. The third-order valence-electron chi connectivity index (χ3n) is 4.49. The van der Waals surface area contributed by atoms with E-state index in [1.165, 1.54) is 6.20 Å². The largest absolute Gasteiger partial charge is 0.342 e. The van der Waals surface area contributed by atoms with Crippen molar-refractivity contribution in [2.75, 3.05) is 31.5 Å². The second-order valence-corrected chi connectivity index (χ2v) is 6.60. The molecule has 2 fully saturated rings. The van der Waals surface area contributed by atoms with E-state index < -0.39 is 0 Å². The number of halogens is 1. The molecule has 0 spiro atoms. The molecular weight excluding hydrogens is 316 g/mol. The molecule has 2 atom stereocenters. The van der Waals surface area contributed by atoms with Crippen LogP contribution in [0, 0.1) is 11.8 Å².